The molecular formula is C28H25FN4O3. The van der Waals surface area contributed by atoms with Crippen LogP contribution in [0.4, 0.5) is 4.39 Å². The molecule has 8 heteroatoms. The Labute approximate surface area is 208 Å². The molecule has 0 aliphatic heterocycles. The topological polar surface area (TPSA) is 76.5 Å². The highest BCUT2D eigenvalue weighted by Crippen LogP contribution is 2.26. The molecule has 0 saturated heterocycles. The zero-order chi connectivity index (χ0) is 25.7. The van der Waals surface area contributed by atoms with Crippen LogP contribution in [0, 0.1) is 5.82 Å². The van der Waals surface area contributed by atoms with Crippen LogP contribution in [-0.2, 0) is 4.79 Å². The maximum atomic E-state index is 13.6. The molecule has 0 spiro atoms. The molecule has 1 heterocycles. The van der Waals surface area contributed by atoms with Gasteiger partial charge in [0.1, 0.15) is 23.0 Å². The van der Waals surface area contributed by atoms with Crippen molar-refractivity contribution in [1.29, 1.82) is 0 Å². The molecule has 0 aliphatic rings. The SMILES string of the molecule is COc1ccc(C(=O)NC(=Cc2cn(-c3ccccc3)nc2-c2ccc(F)cc2)C(=O)N(C)C)cc1. The number of likely N-dealkylation sites (N-methyl/N-ethyl adjacent to an activating group) is 1. The number of carbonyl (C=O) groups excluding carboxylic acids is 2. The fourth-order valence-corrected chi connectivity index (χ4v) is 3.52. The van der Waals surface area contributed by atoms with Crippen LogP contribution >= 0.6 is 0 Å². The van der Waals surface area contributed by atoms with Gasteiger partial charge in [0.15, 0.2) is 0 Å². The molecule has 4 rings (SSSR count). The van der Waals surface area contributed by atoms with E-state index in [1.807, 2.05) is 30.3 Å². The number of para-hydroxylation sites is 1. The van der Waals surface area contributed by atoms with Gasteiger partial charge >= 0.3 is 0 Å². The molecule has 4 aromatic rings. The number of aromatic nitrogens is 2. The van der Waals surface area contributed by atoms with Crippen LogP contribution in [0.15, 0.2) is 90.8 Å². The molecular weight excluding hydrogens is 459 g/mol. The number of carbonyl (C=O) groups is 2. The van der Waals surface area contributed by atoms with Crippen LogP contribution < -0.4 is 10.1 Å². The van der Waals surface area contributed by atoms with Crippen molar-refractivity contribution < 1.29 is 18.7 Å². The number of ether oxygens (including phenoxy) is 1. The number of rotatable bonds is 7. The third-order valence-electron chi connectivity index (χ3n) is 5.42. The van der Waals surface area contributed by atoms with Gasteiger partial charge in [0.2, 0.25) is 0 Å². The number of benzene rings is 3. The second-order valence-electron chi connectivity index (χ2n) is 8.16. The normalized spacial score (nSPS) is 11.2. The molecule has 182 valence electrons. The van der Waals surface area contributed by atoms with Crippen molar-refractivity contribution in [2.75, 3.05) is 21.2 Å². The van der Waals surface area contributed by atoms with Crippen LogP contribution in [0.3, 0.4) is 0 Å². The molecule has 0 saturated carbocycles. The van der Waals surface area contributed by atoms with Crippen molar-refractivity contribution in [3.8, 4) is 22.7 Å². The van der Waals surface area contributed by atoms with Gasteiger partial charge in [0.05, 0.1) is 12.8 Å². The van der Waals surface area contributed by atoms with E-state index in [9.17, 15) is 14.0 Å². The molecule has 2 amide bonds. The zero-order valence-corrected chi connectivity index (χ0v) is 20.1. The van der Waals surface area contributed by atoms with Gasteiger partial charge in [0, 0.05) is 37.0 Å². The molecule has 0 aliphatic carbocycles. The number of hydrogen-bond donors (Lipinski definition) is 1. The quantitative estimate of drug-likeness (QED) is 0.391. The average molecular weight is 485 g/mol. The maximum Gasteiger partial charge on any atom is 0.269 e. The number of amides is 2. The molecule has 36 heavy (non-hydrogen) atoms. The first kappa shape index (κ1) is 24.4. The van der Waals surface area contributed by atoms with Gasteiger partial charge in [-0.15, -0.1) is 0 Å². The summed E-state index contributed by atoms with van der Waals surface area (Å²) >= 11 is 0. The van der Waals surface area contributed by atoms with Crippen LogP contribution in [0.1, 0.15) is 15.9 Å². The van der Waals surface area contributed by atoms with E-state index < -0.39 is 11.8 Å². The molecule has 0 unspecified atom stereocenters. The Hall–Kier alpha value is -4.72. The largest absolute Gasteiger partial charge is 0.497 e. The van der Waals surface area contributed by atoms with Gasteiger partial charge < -0.3 is 15.0 Å². The van der Waals surface area contributed by atoms with E-state index in [4.69, 9.17) is 9.84 Å². The Morgan fingerprint density at radius 2 is 1.64 bits per heavy atom. The Balaban J connectivity index is 1.78. The lowest BCUT2D eigenvalue weighted by atomic mass is 10.1. The van der Waals surface area contributed by atoms with E-state index in [0.717, 1.165) is 5.69 Å². The Bertz CT molecular complexity index is 1390. The summed E-state index contributed by atoms with van der Waals surface area (Å²) in [7, 11) is 4.74. The fourth-order valence-electron chi connectivity index (χ4n) is 3.52. The first-order valence-electron chi connectivity index (χ1n) is 11.2. The molecule has 7 nitrogen and oxygen atoms in total. The number of hydrogen-bond acceptors (Lipinski definition) is 4. The molecule has 0 fully saturated rings. The number of halogens is 1. The zero-order valence-electron chi connectivity index (χ0n) is 20.1. The Morgan fingerprint density at radius 1 is 0.972 bits per heavy atom. The molecule has 0 radical (unpaired) electrons. The second kappa shape index (κ2) is 10.7. The van der Waals surface area contributed by atoms with Gasteiger partial charge in [-0.25, -0.2) is 9.07 Å². The van der Waals surface area contributed by atoms with Crippen molar-refractivity contribution in [3.05, 3.63) is 108 Å². The first-order valence-corrected chi connectivity index (χ1v) is 11.2. The van der Waals surface area contributed by atoms with Crippen LogP contribution in [-0.4, -0.2) is 47.7 Å². The van der Waals surface area contributed by atoms with Crippen molar-refractivity contribution in [3.63, 3.8) is 0 Å². The highest BCUT2D eigenvalue weighted by Gasteiger charge is 2.19. The smallest absolute Gasteiger partial charge is 0.269 e. The highest BCUT2D eigenvalue weighted by molar-refractivity contribution is 6.05. The lowest BCUT2D eigenvalue weighted by molar-refractivity contribution is -0.124. The van der Waals surface area contributed by atoms with Crippen LogP contribution in [0.5, 0.6) is 5.75 Å². The molecule has 1 aromatic heterocycles. The molecule has 0 atom stereocenters. The van der Waals surface area contributed by atoms with Crippen molar-refractivity contribution >= 4 is 17.9 Å². The van der Waals surface area contributed by atoms with Gasteiger partial charge in [-0.1, -0.05) is 18.2 Å². The Kier molecular flexibility index (Phi) is 7.25. The van der Waals surface area contributed by atoms with Gasteiger partial charge in [-0.2, -0.15) is 5.10 Å². The monoisotopic (exact) mass is 484 g/mol. The van der Waals surface area contributed by atoms with Crippen molar-refractivity contribution in [1.82, 2.24) is 20.0 Å². The van der Waals surface area contributed by atoms with E-state index in [0.29, 0.717) is 28.1 Å². The summed E-state index contributed by atoms with van der Waals surface area (Å²) in [5.74, 6) is -0.593. The minimum atomic E-state index is -0.446. The summed E-state index contributed by atoms with van der Waals surface area (Å²) in [6.45, 7) is 0. The Morgan fingerprint density at radius 3 is 2.25 bits per heavy atom. The molecule has 0 bridgehead atoms. The minimum Gasteiger partial charge on any atom is -0.497 e. The summed E-state index contributed by atoms with van der Waals surface area (Å²) in [5.41, 5.74) is 3.01. The first-order chi connectivity index (χ1) is 17.4. The van der Waals surface area contributed by atoms with Crippen LogP contribution in [0.2, 0.25) is 0 Å². The summed E-state index contributed by atoms with van der Waals surface area (Å²) < 4.78 is 20.4. The van der Waals surface area contributed by atoms with Crippen LogP contribution in [0.25, 0.3) is 23.0 Å². The maximum absolute atomic E-state index is 13.6. The van der Waals surface area contributed by atoms with E-state index in [-0.39, 0.29) is 11.5 Å². The summed E-state index contributed by atoms with van der Waals surface area (Å²) in [6.07, 6.45) is 3.34. The standard InChI is InChI=1S/C28H25FN4O3/c1-32(2)28(35)25(30-27(34)20-11-15-24(36-3)16-12-20)17-21-18-33(23-7-5-4-6-8-23)31-26(21)19-9-13-22(29)14-10-19/h4-18H,1-3H3,(H,30,34). The van der Waals surface area contributed by atoms with E-state index >= 15 is 0 Å². The average Bonchev–Trinajstić information content (AvgIpc) is 3.32. The van der Waals surface area contributed by atoms with E-state index in [1.165, 1.54) is 17.0 Å². The molecule has 1 N–H and O–H groups in total. The van der Waals surface area contributed by atoms with Crippen molar-refractivity contribution in [2.45, 2.75) is 0 Å². The van der Waals surface area contributed by atoms with Gasteiger partial charge in [-0.3, -0.25) is 9.59 Å². The van der Waals surface area contributed by atoms with Crippen molar-refractivity contribution in [2.24, 2.45) is 0 Å². The van der Waals surface area contributed by atoms with E-state index in [2.05, 4.69) is 5.32 Å². The highest BCUT2D eigenvalue weighted by atomic mass is 19.1. The third-order valence-corrected chi connectivity index (χ3v) is 5.42. The lowest BCUT2D eigenvalue weighted by Gasteiger charge is -2.15. The fraction of sp³-hybridized carbons (Fsp3) is 0.107. The predicted molar refractivity (Wildman–Crippen MR) is 136 cm³/mol. The third kappa shape index (κ3) is 5.50. The summed E-state index contributed by atoms with van der Waals surface area (Å²) in [5, 5.41) is 7.42. The minimum absolute atomic E-state index is 0.0665. The number of methoxy groups -OCH3 is 1. The lowest BCUT2D eigenvalue weighted by Crippen LogP contribution is -2.34. The van der Waals surface area contributed by atoms with Gasteiger partial charge in [0.25, 0.3) is 11.8 Å². The summed E-state index contributed by atoms with van der Waals surface area (Å²) in [4.78, 5) is 27.4. The number of nitrogens with one attached hydrogen (secondary N) is 1. The molecule has 3 aromatic carbocycles. The summed E-state index contributed by atoms with van der Waals surface area (Å²) in [6, 6.07) is 22.0. The second-order valence-corrected chi connectivity index (χ2v) is 8.16. The predicted octanol–water partition coefficient (Wildman–Crippen LogP) is 4.55. The number of nitrogens with zero attached hydrogens (tertiary/aromatic N) is 3. The van der Waals surface area contributed by atoms with E-state index in [1.54, 1.807) is 74.6 Å². The van der Waals surface area contributed by atoms with Gasteiger partial charge in [-0.05, 0) is 66.7 Å².